The third kappa shape index (κ3) is 4.95. The van der Waals surface area contributed by atoms with Crippen LogP contribution in [0.15, 0.2) is 55.0 Å². The van der Waals surface area contributed by atoms with Gasteiger partial charge in [0.1, 0.15) is 16.2 Å². The summed E-state index contributed by atoms with van der Waals surface area (Å²) in [5.74, 6) is 0.787. The van der Waals surface area contributed by atoms with E-state index in [1.807, 2.05) is 30.5 Å². The highest BCUT2D eigenvalue weighted by atomic mass is 32.1. The number of hydrogen-bond donors (Lipinski definition) is 1. The number of hydrogen-bond acceptors (Lipinski definition) is 9. The SMILES string of the molecule is COCCN1CCN(c2ccnc(Nc3nc4ccc(-c5ccncc5)nc4s3)c2)C[C@H]1C. The molecule has 170 valence electrons. The highest BCUT2D eigenvalue weighted by Crippen LogP contribution is 2.30. The van der Waals surface area contributed by atoms with Crippen LogP contribution < -0.4 is 10.2 Å². The molecular formula is C24H27N7OS. The minimum atomic E-state index is 0.475. The lowest BCUT2D eigenvalue weighted by atomic mass is 10.1. The van der Waals surface area contributed by atoms with Gasteiger partial charge in [-0.15, -0.1) is 0 Å². The quantitative estimate of drug-likeness (QED) is 0.442. The highest BCUT2D eigenvalue weighted by Gasteiger charge is 2.23. The molecule has 0 aliphatic carbocycles. The van der Waals surface area contributed by atoms with Crippen molar-refractivity contribution in [1.29, 1.82) is 0 Å². The minimum absolute atomic E-state index is 0.475. The molecule has 0 radical (unpaired) electrons. The molecule has 1 aliphatic rings. The monoisotopic (exact) mass is 461 g/mol. The first-order chi connectivity index (χ1) is 16.2. The Labute approximate surface area is 197 Å². The van der Waals surface area contributed by atoms with Crippen LogP contribution >= 0.6 is 11.3 Å². The molecule has 9 heteroatoms. The summed E-state index contributed by atoms with van der Waals surface area (Å²) >= 11 is 1.53. The molecule has 0 aromatic carbocycles. The molecular weight excluding hydrogens is 434 g/mol. The van der Waals surface area contributed by atoms with Gasteiger partial charge in [0, 0.05) is 75.2 Å². The Morgan fingerprint density at radius 1 is 1.09 bits per heavy atom. The van der Waals surface area contributed by atoms with Crippen LogP contribution in [-0.2, 0) is 4.74 Å². The molecule has 0 bridgehead atoms. The molecule has 5 rings (SSSR count). The molecule has 33 heavy (non-hydrogen) atoms. The lowest BCUT2D eigenvalue weighted by molar-refractivity contribution is 0.117. The van der Waals surface area contributed by atoms with Gasteiger partial charge in [0.25, 0.3) is 0 Å². The third-order valence-corrected chi connectivity index (χ3v) is 6.80. The first-order valence-electron chi connectivity index (χ1n) is 11.1. The number of nitrogens with zero attached hydrogens (tertiary/aromatic N) is 6. The lowest BCUT2D eigenvalue weighted by Crippen LogP contribution is -2.52. The lowest BCUT2D eigenvalue weighted by Gasteiger charge is -2.41. The van der Waals surface area contributed by atoms with Gasteiger partial charge in [0.05, 0.1) is 12.3 Å². The van der Waals surface area contributed by atoms with E-state index in [2.05, 4.69) is 44.1 Å². The Morgan fingerprint density at radius 2 is 1.97 bits per heavy atom. The van der Waals surface area contributed by atoms with Crippen LogP contribution in [-0.4, -0.2) is 70.8 Å². The van der Waals surface area contributed by atoms with E-state index in [0.29, 0.717) is 6.04 Å². The van der Waals surface area contributed by atoms with E-state index in [4.69, 9.17) is 14.7 Å². The number of anilines is 3. The maximum absolute atomic E-state index is 5.24. The topological polar surface area (TPSA) is 79.3 Å². The molecule has 8 nitrogen and oxygen atoms in total. The minimum Gasteiger partial charge on any atom is -0.383 e. The Kier molecular flexibility index (Phi) is 6.43. The molecule has 5 heterocycles. The second-order valence-corrected chi connectivity index (χ2v) is 9.10. The number of pyridine rings is 3. The number of nitrogens with one attached hydrogen (secondary N) is 1. The molecule has 0 unspecified atom stereocenters. The molecule has 4 aromatic heterocycles. The van der Waals surface area contributed by atoms with E-state index in [1.165, 1.54) is 17.0 Å². The summed E-state index contributed by atoms with van der Waals surface area (Å²) < 4.78 is 5.24. The van der Waals surface area contributed by atoms with Gasteiger partial charge < -0.3 is 15.0 Å². The van der Waals surface area contributed by atoms with Crippen LogP contribution in [0.1, 0.15) is 6.92 Å². The summed E-state index contributed by atoms with van der Waals surface area (Å²) in [5, 5.41) is 4.16. The standard InChI is InChI=1S/C24H27N7OS/c1-17-16-31(12-11-30(17)13-14-32-2)19-7-10-26-22(15-19)29-24-28-21-4-3-20(27-23(21)33-24)18-5-8-25-9-6-18/h3-10,15,17H,11-14,16H2,1-2H3,(H,26,28,29)/t17-/m1/s1. The van der Waals surface area contributed by atoms with E-state index in [9.17, 15) is 0 Å². The van der Waals surface area contributed by atoms with Crippen LogP contribution in [0, 0.1) is 0 Å². The zero-order valence-electron chi connectivity index (χ0n) is 18.8. The molecule has 0 spiro atoms. The number of fused-ring (bicyclic) bond motifs is 1. The van der Waals surface area contributed by atoms with E-state index >= 15 is 0 Å². The average molecular weight is 462 g/mol. The van der Waals surface area contributed by atoms with Gasteiger partial charge in [-0.3, -0.25) is 9.88 Å². The smallest absolute Gasteiger partial charge is 0.190 e. The number of thiazole rings is 1. The number of ether oxygens (including phenoxy) is 1. The predicted octanol–water partition coefficient (Wildman–Crippen LogP) is 4.05. The Balaban J connectivity index is 1.30. The number of methoxy groups -OCH3 is 1. The van der Waals surface area contributed by atoms with Crippen molar-refractivity contribution in [1.82, 2.24) is 24.8 Å². The van der Waals surface area contributed by atoms with Gasteiger partial charge in [-0.25, -0.2) is 15.0 Å². The molecule has 1 atom stereocenters. The van der Waals surface area contributed by atoms with Gasteiger partial charge in [0.15, 0.2) is 5.13 Å². The van der Waals surface area contributed by atoms with Gasteiger partial charge in [-0.05, 0) is 37.3 Å². The molecule has 4 aromatic rings. The van der Waals surface area contributed by atoms with E-state index in [1.54, 1.807) is 19.5 Å². The average Bonchev–Trinajstić information content (AvgIpc) is 3.25. The summed E-state index contributed by atoms with van der Waals surface area (Å²) in [6.45, 7) is 7.02. The van der Waals surface area contributed by atoms with Crippen molar-refractivity contribution in [3.8, 4) is 11.3 Å². The van der Waals surface area contributed by atoms with E-state index in [-0.39, 0.29) is 0 Å². The Morgan fingerprint density at radius 3 is 2.79 bits per heavy atom. The summed E-state index contributed by atoms with van der Waals surface area (Å²) in [7, 11) is 1.76. The van der Waals surface area contributed by atoms with Crippen LogP contribution in [0.5, 0.6) is 0 Å². The summed E-state index contributed by atoms with van der Waals surface area (Å²) in [4.78, 5) is 23.9. The van der Waals surface area contributed by atoms with Gasteiger partial charge in [0.2, 0.25) is 0 Å². The molecule has 1 N–H and O–H groups in total. The predicted molar refractivity (Wildman–Crippen MR) is 133 cm³/mol. The van der Waals surface area contributed by atoms with Crippen molar-refractivity contribution in [2.75, 3.05) is 50.1 Å². The Hall–Kier alpha value is -3.14. The zero-order valence-corrected chi connectivity index (χ0v) is 19.6. The van der Waals surface area contributed by atoms with Crippen molar-refractivity contribution in [2.24, 2.45) is 0 Å². The van der Waals surface area contributed by atoms with Crippen LogP contribution in [0.4, 0.5) is 16.6 Å². The van der Waals surface area contributed by atoms with Gasteiger partial charge in [-0.1, -0.05) is 11.3 Å². The van der Waals surface area contributed by atoms with Crippen molar-refractivity contribution in [3.63, 3.8) is 0 Å². The van der Waals surface area contributed by atoms with Crippen molar-refractivity contribution >= 4 is 38.3 Å². The van der Waals surface area contributed by atoms with Crippen LogP contribution in [0.3, 0.4) is 0 Å². The number of rotatable bonds is 7. The molecule has 0 saturated carbocycles. The van der Waals surface area contributed by atoms with Gasteiger partial charge in [-0.2, -0.15) is 0 Å². The fourth-order valence-electron chi connectivity index (χ4n) is 4.12. The fourth-order valence-corrected chi connectivity index (χ4v) is 4.96. The highest BCUT2D eigenvalue weighted by molar-refractivity contribution is 7.21. The maximum atomic E-state index is 5.24. The van der Waals surface area contributed by atoms with Crippen molar-refractivity contribution < 1.29 is 4.74 Å². The third-order valence-electron chi connectivity index (χ3n) is 5.92. The molecule has 1 saturated heterocycles. The van der Waals surface area contributed by atoms with Crippen LogP contribution in [0.2, 0.25) is 0 Å². The van der Waals surface area contributed by atoms with Crippen LogP contribution in [0.25, 0.3) is 21.6 Å². The van der Waals surface area contributed by atoms with E-state index in [0.717, 1.165) is 65.3 Å². The summed E-state index contributed by atoms with van der Waals surface area (Å²) in [5.41, 5.74) is 4.00. The van der Waals surface area contributed by atoms with Gasteiger partial charge >= 0.3 is 0 Å². The number of piperazine rings is 1. The molecule has 0 amide bonds. The first kappa shape index (κ1) is 21.7. The summed E-state index contributed by atoms with van der Waals surface area (Å²) in [6, 6.07) is 12.6. The van der Waals surface area contributed by atoms with Crippen molar-refractivity contribution in [3.05, 3.63) is 55.0 Å². The maximum Gasteiger partial charge on any atom is 0.190 e. The van der Waals surface area contributed by atoms with Crippen molar-refractivity contribution in [2.45, 2.75) is 13.0 Å². The largest absolute Gasteiger partial charge is 0.383 e. The van der Waals surface area contributed by atoms with E-state index < -0.39 is 0 Å². The number of aromatic nitrogens is 4. The second kappa shape index (κ2) is 9.78. The Bertz CT molecular complexity index is 1220. The second-order valence-electron chi connectivity index (χ2n) is 8.12. The molecule has 1 aliphatic heterocycles. The normalized spacial score (nSPS) is 16.9. The fraction of sp³-hybridized carbons (Fsp3) is 0.333. The summed E-state index contributed by atoms with van der Waals surface area (Å²) in [6.07, 6.45) is 5.41. The molecule has 1 fully saturated rings. The first-order valence-corrected chi connectivity index (χ1v) is 11.9. The zero-order chi connectivity index (χ0) is 22.6.